The number of rotatable bonds is 4. The van der Waals surface area contributed by atoms with Crippen molar-refractivity contribution in [3.63, 3.8) is 0 Å². The zero-order valence-electron chi connectivity index (χ0n) is 14.2. The Hall–Kier alpha value is -2.24. The molecule has 1 fully saturated rings. The number of hydrogen-bond donors (Lipinski definition) is 0. The summed E-state index contributed by atoms with van der Waals surface area (Å²) in [5.74, 6) is 0.912. The number of carbonyl (C=O) groups excluding carboxylic acids is 2. The number of carbonyl (C=O) groups is 2. The number of nitrogens with zero attached hydrogens (tertiary/aromatic N) is 1. The van der Waals surface area contributed by atoms with E-state index in [1.807, 2.05) is 20.8 Å². The molecule has 1 aliphatic rings. The van der Waals surface area contributed by atoms with Crippen molar-refractivity contribution >= 4 is 12.0 Å². The third-order valence-electron chi connectivity index (χ3n) is 3.91. The Morgan fingerprint density at radius 3 is 2.26 bits per heavy atom. The molecule has 1 aromatic carbocycles. The maximum absolute atomic E-state index is 12.6. The molecule has 0 unspecified atom stereocenters. The summed E-state index contributed by atoms with van der Waals surface area (Å²) in [4.78, 5) is 25.8. The number of hydrogen-bond acceptors (Lipinski definition) is 5. The van der Waals surface area contributed by atoms with Gasteiger partial charge in [-0.25, -0.2) is 9.69 Å². The lowest BCUT2D eigenvalue weighted by Crippen LogP contribution is -2.46. The first kappa shape index (κ1) is 17.1. The van der Waals surface area contributed by atoms with E-state index in [4.69, 9.17) is 14.2 Å². The third kappa shape index (κ3) is 3.75. The molecule has 2 amide bonds. The molecule has 1 aliphatic heterocycles. The van der Waals surface area contributed by atoms with Gasteiger partial charge < -0.3 is 14.2 Å². The van der Waals surface area contributed by atoms with Crippen molar-refractivity contribution in [1.29, 1.82) is 0 Å². The van der Waals surface area contributed by atoms with Crippen LogP contribution in [0.4, 0.5) is 4.79 Å². The predicted octanol–water partition coefficient (Wildman–Crippen LogP) is 2.64. The van der Waals surface area contributed by atoms with Crippen LogP contribution in [-0.2, 0) is 16.0 Å². The van der Waals surface area contributed by atoms with E-state index in [1.165, 1.54) is 4.90 Å². The second-order valence-electron chi connectivity index (χ2n) is 6.62. The molecule has 1 heterocycles. The van der Waals surface area contributed by atoms with Gasteiger partial charge in [0.2, 0.25) is 5.91 Å². The van der Waals surface area contributed by atoms with Gasteiger partial charge in [0.15, 0.2) is 0 Å². The minimum Gasteiger partial charge on any atom is -0.497 e. The van der Waals surface area contributed by atoms with Crippen LogP contribution < -0.4 is 9.47 Å². The topological polar surface area (TPSA) is 65.1 Å². The molecule has 23 heavy (non-hydrogen) atoms. The van der Waals surface area contributed by atoms with Gasteiger partial charge in [0.25, 0.3) is 0 Å². The Bertz CT molecular complexity index is 583. The number of methoxy groups -OCH3 is 2. The van der Waals surface area contributed by atoms with Gasteiger partial charge in [0.05, 0.1) is 26.7 Å². The lowest BCUT2D eigenvalue weighted by atomic mass is 9.86. The molecule has 0 spiro atoms. The van der Waals surface area contributed by atoms with Gasteiger partial charge >= 0.3 is 6.09 Å². The monoisotopic (exact) mass is 321 g/mol. The molecule has 126 valence electrons. The number of benzene rings is 1. The smallest absolute Gasteiger partial charge is 0.417 e. The number of imide groups is 1. The number of amides is 2. The van der Waals surface area contributed by atoms with Crippen LogP contribution in [0.25, 0.3) is 0 Å². The minimum atomic E-state index is -0.579. The molecule has 1 atom stereocenters. The highest BCUT2D eigenvalue weighted by atomic mass is 16.6. The molecular formula is C17H23NO5. The van der Waals surface area contributed by atoms with Crippen molar-refractivity contribution in [3.05, 3.63) is 23.8 Å². The maximum Gasteiger partial charge on any atom is 0.417 e. The highest BCUT2D eigenvalue weighted by molar-refractivity contribution is 5.94. The van der Waals surface area contributed by atoms with Gasteiger partial charge in [0, 0.05) is 6.07 Å². The molecule has 0 bridgehead atoms. The molecule has 0 saturated carbocycles. The first-order chi connectivity index (χ1) is 10.8. The van der Waals surface area contributed by atoms with E-state index in [-0.39, 0.29) is 30.4 Å². The molecule has 6 nitrogen and oxygen atoms in total. The quantitative estimate of drug-likeness (QED) is 0.853. The number of ether oxygens (including phenoxy) is 3. The summed E-state index contributed by atoms with van der Waals surface area (Å²) < 4.78 is 15.5. The summed E-state index contributed by atoms with van der Waals surface area (Å²) in [6.07, 6.45) is -0.500. The van der Waals surface area contributed by atoms with Crippen molar-refractivity contribution in [2.75, 3.05) is 20.8 Å². The Labute approximate surface area is 136 Å². The van der Waals surface area contributed by atoms with E-state index in [0.29, 0.717) is 11.5 Å². The molecule has 0 aromatic heterocycles. The maximum atomic E-state index is 12.6. The summed E-state index contributed by atoms with van der Waals surface area (Å²) in [5, 5.41) is 0. The number of cyclic esters (lactones) is 1. The SMILES string of the molecule is COc1cc(CC(=O)N2C(=O)OC[C@H]2C(C)(C)C)cc(OC)c1. The fourth-order valence-electron chi connectivity index (χ4n) is 2.56. The Balaban J connectivity index is 2.22. The lowest BCUT2D eigenvalue weighted by Gasteiger charge is -2.30. The summed E-state index contributed by atoms with van der Waals surface area (Å²) in [6.45, 7) is 6.17. The molecule has 0 N–H and O–H groups in total. The van der Waals surface area contributed by atoms with Crippen LogP contribution in [0.1, 0.15) is 26.3 Å². The highest BCUT2D eigenvalue weighted by Crippen LogP contribution is 2.30. The van der Waals surface area contributed by atoms with Gasteiger partial charge in [0.1, 0.15) is 18.1 Å². The lowest BCUT2D eigenvalue weighted by molar-refractivity contribution is -0.129. The van der Waals surface area contributed by atoms with E-state index >= 15 is 0 Å². The van der Waals surface area contributed by atoms with Crippen LogP contribution in [-0.4, -0.2) is 43.8 Å². The van der Waals surface area contributed by atoms with Crippen LogP contribution in [0.3, 0.4) is 0 Å². The van der Waals surface area contributed by atoms with E-state index in [0.717, 1.165) is 5.56 Å². The second kappa shape index (κ2) is 6.48. The van der Waals surface area contributed by atoms with Gasteiger partial charge in [-0.3, -0.25) is 4.79 Å². The van der Waals surface area contributed by atoms with Gasteiger partial charge in [-0.05, 0) is 23.1 Å². The van der Waals surface area contributed by atoms with Crippen molar-refractivity contribution in [2.45, 2.75) is 33.2 Å². The highest BCUT2D eigenvalue weighted by Gasteiger charge is 2.43. The normalized spacial score (nSPS) is 17.9. The molecular weight excluding hydrogens is 298 g/mol. The van der Waals surface area contributed by atoms with Crippen LogP contribution in [0.5, 0.6) is 11.5 Å². The standard InChI is InChI=1S/C17H23NO5/c1-17(2,3)14-10-23-16(20)18(14)15(19)8-11-6-12(21-4)9-13(7-11)22-5/h6-7,9,14H,8,10H2,1-5H3/t14-/m0/s1. The second-order valence-corrected chi connectivity index (χ2v) is 6.62. The first-order valence-corrected chi connectivity index (χ1v) is 7.47. The predicted molar refractivity (Wildman–Crippen MR) is 84.7 cm³/mol. The Morgan fingerprint density at radius 2 is 1.78 bits per heavy atom. The van der Waals surface area contributed by atoms with Gasteiger partial charge in [-0.2, -0.15) is 0 Å². The summed E-state index contributed by atoms with van der Waals surface area (Å²) in [5.41, 5.74) is 0.479. The van der Waals surface area contributed by atoms with Crippen LogP contribution in [0.15, 0.2) is 18.2 Å². The Morgan fingerprint density at radius 1 is 1.22 bits per heavy atom. The summed E-state index contributed by atoms with van der Waals surface area (Å²) in [7, 11) is 3.10. The van der Waals surface area contributed by atoms with Crippen molar-refractivity contribution < 1.29 is 23.8 Å². The van der Waals surface area contributed by atoms with Crippen molar-refractivity contribution in [1.82, 2.24) is 4.90 Å². The van der Waals surface area contributed by atoms with Crippen molar-refractivity contribution in [3.8, 4) is 11.5 Å². The van der Waals surface area contributed by atoms with Gasteiger partial charge in [-0.1, -0.05) is 20.8 Å². The molecule has 2 rings (SSSR count). The average Bonchev–Trinajstić information content (AvgIpc) is 2.88. The fourth-order valence-corrected chi connectivity index (χ4v) is 2.56. The zero-order valence-corrected chi connectivity index (χ0v) is 14.2. The summed E-state index contributed by atoms with van der Waals surface area (Å²) in [6, 6.07) is 4.98. The first-order valence-electron chi connectivity index (χ1n) is 7.47. The third-order valence-corrected chi connectivity index (χ3v) is 3.91. The van der Waals surface area contributed by atoms with E-state index in [9.17, 15) is 9.59 Å². The van der Waals surface area contributed by atoms with Crippen LogP contribution in [0, 0.1) is 5.41 Å². The van der Waals surface area contributed by atoms with Crippen molar-refractivity contribution in [2.24, 2.45) is 5.41 Å². The minimum absolute atomic E-state index is 0.0786. The van der Waals surface area contributed by atoms with E-state index < -0.39 is 6.09 Å². The molecule has 1 saturated heterocycles. The Kier molecular flexibility index (Phi) is 4.82. The van der Waals surface area contributed by atoms with E-state index in [1.54, 1.807) is 32.4 Å². The fraction of sp³-hybridized carbons (Fsp3) is 0.529. The molecule has 6 heteroatoms. The summed E-state index contributed by atoms with van der Waals surface area (Å²) >= 11 is 0. The largest absolute Gasteiger partial charge is 0.497 e. The molecule has 0 aliphatic carbocycles. The molecule has 0 radical (unpaired) electrons. The van der Waals surface area contributed by atoms with Crippen LogP contribution in [0.2, 0.25) is 0 Å². The van der Waals surface area contributed by atoms with E-state index in [2.05, 4.69) is 0 Å². The molecule has 1 aromatic rings. The van der Waals surface area contributed by atoms with Gasteiger partial charge in [-0.15, -0.1) is 0 Å². The average molecular weight is 321 g/mol. The van der Waals surface area contributed by atoms with Crippen LogP contribution >= 0.6 is 0 Å². The zero-order chi connectivity index (χ0) is 17.2.